The van der Waals surface area contributed by atoms with Gasteiger partial charge in [-0.3, -0.25) is 4.79 Å². The molecule has 1 aromatic heterocycles. The molecule has 1 atom stereocenters. The molecule has 1 unspecified atom stereocenters. The summed E-state index contributed by atoms with van der Waals surface area (Å²) in [7, 11) is 0. The van der Waals surface area contributed by atoms with Crippen LogP contribution in [-0.4, -0.2) is 22.0 Å². The molecule has 0 bridgehead atoms. The normalized spacial score (nSPS) is 16.9. The lowest BCUT2D eigenvalue weighted by molar-refractivity contribution is -0.108. The van der Waals surface area contributed by atoms with Gasteiger partial charge in [-0.1, -0.05) is 0 Å². The lowest BCUT2D eigenvalue weighted by Gasteiger charge is -2.22. The molecule has 1 aromatic carbocycles. The highest BCUT2D eigenvalue weighted by atomic mass is 16.5. The van der Waals surface area contributed by atoms with Gasteiger partial charge in [0.2, 0.25) is 0 Å². The van der Waals surface area contributed by atoms with Gasteiger partial charge < -0.3 is 9.53 Å². The molecule has 22 heavy (non-hydrogen) atoms. The van der Waals surface area contributed by atoms with Crippen LogP contribution in [0.5, 0.6) is 5.75 Å². The highest BCUT2D eigenvalue weighted by Crippen LogP contribution is 2.30. The fraction of sp³-hybridized carbons (Fsp3) is 0.294. The predicted octanol–water partition coefficient (Wildman–Crippen LogP) is 2.39. The predicted molar refractivity (Wildman–Crippen MR) is 79.6 cm³/mol. The topological polar surface area (TPSA) is 69.2 Å². The van der Waals surface area contributed by atoms with Crippen LogP contribution >= 0.6 is 0 Å². The number of benzene rings is 1. The van der Waals surface area contributed by atoms with Crippen molar-refractivity contribution in [2.75, 3.05) is 0 Å². The van der Waals surface area contributed by atoms with Gasteiger partial charge >= 0.3 is 0 Å². The summed E-state index contributed by atoms with van der Waals surface area (Å²) in [6, 6.07) is 5.50. The summed E-state index contributed by atoms with van der Waals surface area (Å²) in [6.07, 6.45) is 7.55. The van der Waals surface area contributed by atoms with Gasteiger partial charge in [0.15, 0.2) is 5.78 Å². The smallest absolute Gasteiger partial charge is 0.166 e. The summed E-state index contributed by atoms with van der Waals surface area (Å²) in [5.41, 5.74) is 2.60. The van der Waals surface area contributed by atoms with E-state index in [1.807, 2.05) is 6.07 Å². The third-order valence-corrected chi connectivity index (χ3v) is 3.88. The van der Waals surface area contributed by atoms with Crippen molar-refractivity contribution in [2.24, 2.45) is 5.92 Å². The van der Waals surface area contributed by atoms with E-state index in [0.29, 0.717) is 18.6 Å². The van der Waals surface area contributed by atoms with Crippen molar-refractivity contribution >= 4 is 12.1 Å². The van der Waals surface area contributed by atoms with E-state index in [0.717, 1.165) is 36.0 Å². The molecule has 0 radical (unpaired) electrons. The average Bonchev–Trinajstić information content (AvgIpc) is 2.56. The molecule has 3 rings (SSSR count). The van der Waals surface area contributed by atoms with Crippen molar-refractivity contribution in [3.63, 3.8) is 0 Å². The monoisotopic (exact) mass is 296 g/mol. The van der Waals surface area contributed by atoms with E-state index in [1.54, 1.807) is 24.5 Å². The fourth-order valence-electron chi connectivity index (χ4n) is 2.70. The second kappa shape index (κ2) is 6.47. The van der Waals surface area contributed by atoms with E-state index in [4.69, 9.17) is 4.74 Å². The van der Waals surface area contributed by atoms with E-state index >= 15 is 0 Å². The largest absolute Gasteiger partial charge is 0.489 e. The summed E-state index contributed by atoms with van der Waals surface area (Å²) in [5, 5.41) is 0. The molecule has 1 heterocycles. The molecular formula is C17H16N2O3. The van der Waals surface area contributed by atoms with Crippen LogP contribution < -0.4 is 4.74 Å². The van der Waals surface area contributed by atoms with Gasteiger partial charge in [-0.2, -0.15) is 0 Å². The first-order valence-electron chi connectivity index (χ1n) is 7.25. The summed E-state index contributed by atoms with van der Waals surface area (Å²) in [6.45, 7) is 0.390. The molecule has 1 aliphatic carbocycles. The lowest BCUT2D eigenvalue weighted by atomic mass is 9.81. The van der Waals surface area contributed by atoms with Gasteiger partial charge in [0.05, 0.1) is 0 Å². The Balaban J connectivity index is 1.72. The van der Waals surface area contributed by atoms with E-state index in [-0.39, 0.29) is 11.7 Å². The second-order valence-electron chi connectivity index (χ2n) is 5.36. The number of hydrogen-bond donors (Lipinski definition) is 0. The van der Waals surface area contributed by atoms with E-state index in [1.165, 1.54) is 6.33 Å². The number of hydrogen-bond acceptors (Lipinski definition) is 5. The van der Waals surface area contributed by atoms with Crippen LogP contribution in [0, 0.1) is 5.92 Å². The van der Waals surface area contributed by atoms with Crippen molar-refractivity contribution in [1.29, 1.82) is 0 Å². The van der Waals surface area contributed by atoms with E-state index in [2.05, 4.69) is 9.97 Å². The van der Waals surface area contributed by atoms with Gasteiger partial charge in [0, 0.05) is 35.9 Å². The maximum Gasteiger partial charge on any atom is 0.166 e. The number of carbonyl (C=O) groups is 2. The first-order chi connectivity index (χ1) is 10.8. The standard InChI is InChI=1S/C17H16N2O3/c20-6-5-13-1-2-14-7-15(3-4-16(14)17(13)21)22-10-12-8-18-11-19-9-12/h3-4,6-9,11,13H,1-2,5,10H2. The molecule has 0 amide bonds. The maximum absolute atomic E-state index is 12.3. The molecule has 0 aliphatic heterocycles. The molecule has 0 saturated heterocycles. The van der Waals surface area contributed by atoms with E-state index < -0.39 is 0 Å². The molecule has 5 heteroatoms. The molecule has 0 N–H and O–H groups in total. The van der Waals surface area contributed by atoms with Gasteiger partial charge in [0.25, 0.3) is 0 Å². The van der Waals surface area contributed by atoms with Crippen molar-refractivity contribution in [1.82, 2.24) is 9.97 Å². The van der Waals surface area contributed by atoms with Crippen LogP contribution in [0.2, 0.25) is 0 Å². The zero-order valence-electron chi connectivity index (χ0n) is 12.1. The first kappa shape index (κ1) is 14.4. The van der Waals surface area contributed by atoms with Crippen molar-refractivity contribution in [2.45, 2.75) is 25.9 Å². The Morgan fingerprint density at radius 2 is 2.09 bits per heavy atom. The van der Waals surface area contributed by atoms with Crippen LogP contribution in [0.3, 0.4) is 0 Å². The molecule has 2 aromatic rings. The van der Waals surface area contributed by atoms with Gasteiger partial charge in [0.1, 0.15) is 25.0 Å². The van der Waals surface area contributed by atoms with E-state index in [9.17, 15) is 9.59 Å². The zero-order chi connectivity index (χ0) is 15.4. The maximum atomic E-state index is 12.3. The zero-order valence-corrected chi connectivity index (χ0v) is 12.1. The third kappa shape index (κ3) is 3.03. The average molecular weight is 296 g/mol. The Kier molecular flexibility index (Phi) is 4.23. The van der Waals surface area contributed by atoms with Crippen LogP contribution in [0.1, 0.15) is 34.3 Å². The number of fused-ring (bicyclic) bond motifs is 1. The number of Topliss-reactive ketones (excluding diaryl/α,β-unsaturated/α-hetero) is 1. The minimum absolute atomic E-state index is 0.0661. The van der Waals surface area contributed by atoms with Gasteiger partial charge in [-0.15, -0.1) is 0 Å². The molecule has 0 fully saturated rings. The molecular weight excluding hydrogens is 280 g/mol. The Bertz CT molecular complexity index is 686. The minimum Gasteiger partial charge on any atom is -0.489 e. The van der Waals surface area contributed by atoms with Gasteiger partial charge in [-0.25, -0.2) is 9.97 Å². The molecule has 0 saturated carbocycles. The van der Waals surface area contributed by atoms with Crippen LogP contribution in [0.4, 0.5) is 0 Å². The summed E-state index contributed by atoms with van der Waals surface area (Å²) in [4.78, 5) is 30.8. The highest BCUT2D eigenvalue weighted by molar-refractivity contribution is 6.01. The van der Waals surface area contributed by atoms with Gasteiger partial charge in [-0.05, 0) is 36.6 Å². The Labute approximate surface area is 128 Å². The number of rotatable bonds is 5. The minimum atomic E-state index is -0.168. The highest BCUT2D eigenvalue weighted by Gasteiger charge is 2.27. The quantitative estimate of drug-likeness (QED) is 0.792. The van der Waals surface area contributed by atoms with Crippen LogP contribution in [0.25, 0.3) is 0 Å². The number of ketones is 1. The summed E-state index contributed by atoms with van der Waals surface area (Å²) in [5.74, 6) is 0.624. The lowest BCUT2D eigenvalue weighted by Crippen LogP contribution is -2.22. The number of nitrogens with zero attached hydrogens (tertiary/aromatic N) is 2. The van der Waals surface area contributed by atoms with Crippen LogP contribution in [0.15, 0.2) is 36.9 Å². The number of aryl methyl sites for hydroxylation is 1. The summed E-state index contributed by atoms with van der Waals surface area (Å²) >= 11 is 0. The summed E-state index contributed by atoms with van der Waals surface area (Å²) < 4.78 is 5.72. The third-order valence-electron chi connectivity index (χ3n) is 3.88. The Morgan fingerprint density at radius 1 is 1.27 bits per heavy atom. The molecule has 112 valence electrons. The second-order valence-corrected chi connectivity index (χ2v) is 5.36. The number of aldehydes is 1. The SMILES string of the molecule is O=CCC1CCc2cc(OCc3cncnc3)ccc2C1=O. The number of ether oxygens (including phenoxy) is 1. The molecule has 5 nitrogen and oxygen atoms in total. The molecule has 1 aliphatic rings. The Morgan fingerprint density at radius 3 is 2.86 bits per heavy atom. The van der Waals surface area contributed by atoms with Crippen molar-refractivity contribution in [3.05, 3.63) is 53.6 Å². The number of carbonyl (C=O) groups excluding carboxylic acids is 2. The van der Waals surface area contributed by atoms with Crippen molar-refractivity contribution < 1.29 is 14.3 Å². The van der Waals surface area contributed by atoms with Crippen molar-refractivity contribution in [3.8, 4) is 5.75 Å². The van der Waals surface area contributed by atoms with Crippen LogP contribution in [-0.2, 0) is 17.8 Å². The molecule has 0 spiro atoms. The number of aromatic nitrogens is 2. The first-order valence-corrected chi connectivity index (χ1v) is 7.25. The fourth-order valence-corrected chi connectivity index (χ4v) is 2.70. The Hall–Kier alpha value is -2.56.